The van der Waals surface area contributed by atoms with Crippen molar-refractivity contribution in [1.29, 1.82) is 0 Å². The van der Waals surface area contributed by atoms with Gasteiger partial charge in [-0.3, -0.25) is 4.90 Å². The number of amides is 2. The molecule has 0 unspecified atom stereocenters. The van der Waals surface area contributed by atoms with Crippen LogP contribution in [0.1, 0.15) is 80.5 Å². The number of aliphatic hydroxyl groups is 2. The van der Waals surface area contributed by atoms with Gasteiger partial charge in [0.05, 0.1) is 24.9 Å². The molecule has 4 aliphatic carbocycles. The first-order chi connectivity index (χ1) is 19.9. The molecule has 6 fully saturated rings. The van der Waals surface area contributed by atoms with Gasteiger partial charge in [0.15, 0.2) is 6.29 Å². The van der Waals surface area contributed by atoms with E-state index in [4.69, 9.17) is 9.47 Å². The number of carbonyl (C=O) groups excluding carboxylic acids is 1. The summed E-state index contributed by atoms with van der Waals surface area (Å²) in [5, 5.41) is 25.9. The van der Waals surface area contributed by atoms with Crippen molar-refractivity contribution in [3.63, 3.8) is 0 Å². The largest absolute Gasteiger partial charge is 0.392 e. The maximum absolute atomic E-state index is 13.1. The van der Waals surface area contributed by atoms with Crippen LogP contribution in [0.25, 0.3) is 0 Å². The Bertz CT molecular complexity index is 1180. The molecule has 4 bridgehead atoms. The van der Waals surface area contributed by atoms with Gasteiger partial charge in [0.2, 0.25) is 0 Å². The Morgan fingerprint density at radius 2 is 1.56 bits per heavy atom. The van der Waals surface area contributed by atoms with Crippen LogP contribution in [0, 0.1) is 17.8 Å². The molecule has 2 aromatic rings. The van der Waals surface area contributed by atoms with Gasteiger partial charge in [0.1, 0.15) is 0 Å². The molecule has 0 radical (unpaired) electrons. The molecule has 0 spiro atoms. The molecule has 4 atom stereocenters. The molecule has 4 saturated carbocycles. The van der Waals surface area contributed by atoms with E-state index in [1.54, 1.807) is 0 Å². The summed E-state index contributed by atoms with van der Waals surface area (Å²) in [6.45, 7) is 2.30. The van der Waals surface area contributed by atoms with Gasteiger partial charge < -0.3 is 30.3 Å². The van der Waals surface area contributed by atoms with Crippen molar-refractivity contribution >= 4 is 11.7 Å². The summed E-state index contributed by atoms with van der Waals surface area (Å²) in [5.41, 5.74) is 3.57. The van der Waals surface area contributed by atoms with Crippen LogP contribution in [0.2, 0.25) is 0 Å². The standard InChI is InChI=1S/C33H43N3O5/c37-20-21-1-3-25(4-2-21)30-14-29(19-36-10-9-28(38)18-36)40-31(41-30)26-5-7-27(8-6-26)34-32(39)35-33-15-22-11-23(16-33)13-24(12-22)17-33/h1-8,22-24,28-31,37-38H,9-20H2,(H2,34,35,39)/t22?,23?,24?,28-,29-,30+,31+,33?/m0/s1. The van der Waals surface area contributed by atoms with Gasteiger partial charge in [-0.1, -0.05) is 36.4 Å². The van der Waals surface area contributed by atoms with Gasteiger partial charge in [0, 0.05) is 42.8 Å². The molecule has 2 saturated heterocycles. The molecule has 0 aromatic heterocycles. The number of nitrogens with one attached hydrogen (secondary N) is 2. The number of carbonyl (C=O) groups is 1. The third kappa shape index (κ3) is 6.04. The summed E-state index contributed by atoms with van der Waals surface area (Å²) in [6.07, 6.45) is 7.94. The Hall–Kier alpha value is -2.49. The predicted octanol–water partition coefficient (Wildman–Crippen LogP) is 4.88. The second-order valence-corrected chi connectivity index (χ2v) is 13.5. The fourth-order valence-corrected chi connectivity index (χ4v) is 8.69. The molecule has 2 aliphatic heterocycles. The first-order valence-electron chi connectivity index (χ1n) is 15.5. The number of rotatable bonds is 7. The minimum absolute atomic E-state index is 0.0123. The van der Waals surface area contributed by atoms with E-state index in [1.165, 1.54) is 19.3 Å². The summed E-state index contributed by atoms with van der Waals surface area (Å²) in [6, 6.07) is 15.6. The molecule has 2 aromatic carbocycles. The Morgan fingerprint density at radius 1 is 0.902 bits per heavy atom. The third-order valence-electron chi connectivity index (χ3n) is 10.2. The smallest absolute Gasteiger partial charge is 0.319 e. The van der Waals surface area contributed by atoms with Gasteiger partial charge in [-0.05, 0) is 86.0 Å². The zero-order valence-electron chi connectivity index (χ0n) is 23.7. The van der Waals surface area contributed by atoms with Crippen LogP contribution >= 0.6 is 0 Å². The topological polar surface area (TPSA) is 103 Å². The SMILES string of the molecule is O=C(Nc1ccc([C@@H]2O[C@H](CN3CC[C@H](O)C3)C[C@H](c3ccc(CO)cc3)O2)cc1)NC12CC3CC(CC(C3)C1)C2. The van der Waals surface area contributed by atoms with Crippen molar-refractivity contribution in [2.45, 2.75) is 88.1 Å². The molecular weight excluding hydrogens is 518 g/mol. The summed E-state index contributed by atoms with van der Waals surface area (Å²) in [4.78, 5) is 15.3. The van der Waals surface area contributed by atoms with Crippen molar-refractivity contribution in [2.75, 3.05) is 25.0 Å². The molecule has 8 heteroatoms. The van der Waals surface area contributed by atoms with Gasteiger partial charge in [-0.15, -0.1) is 0 Å². The summed E-state index contributed by atoms with van der Waals surface area (Å²) >= 11 is 0. The number of anilines is 1. The zero-order valence-corrected chi connectivity index (χ0v) is 23.7. The van der Waals surface area contributed by atoms with E-state index in [9.17, 15) is 15.0 Å². The molecule has 8 rings (SSSR count). The number of aliphatic hydroxyl groups excluding tert-OH is 2. The van der Waals surface area contributed by atoms with E-state index in [-0.39, 0.29) is 36.5 Å². The molecule has 220 valence electrons. The first kappa shape index (κ1) is 27.3. The van der Waals surface area contributed by atoms with Crippen molar-refractivity contribution in [3.8, 4) is 0 Å². The van der Waals surface area contributed by atoms with E-state index < -0.39 is 6.29 Å². The normalized spacial score (nSPS) is 36.4. The van der Waals surface area contributed by atoms with Crippen molar-refractivity contribution < 1.29 is 24.5 Å². The molecule has 4 N–H and O–H groups in total. The Balaban J connectivity index is 1.02. The molecule has 6 aliphatic rings. The van der Waals surface area contributed by atoms with Crippen molar-refractivity contribution in [1.82, 2.24) is 10.2 Å². The van der Waals surface area contributed by atoms with E-state index in [0.717, 1.165) is 78.9 Å². The van der Waals surface area contributed by atoms with Gasteiger partial charge in [0.25, 0.3) is 0 Å². The second kappa shape index (κ2) is 11.3. The average molecular weight is 562 g/mol. The van der Waals surface area contributed by atoms with Gasteiger partial charge >= 0.3 is 6.03 Å². The number of hydrogen-bond donors (Lipinski definition) is 4. The summed E-state index contributed by atoms with van der Waals surface area (Å²) in [5.74, 6) is 2.35. The molecule has 41 heavy (non-hydrogen) atoms. The fourth-order valence-electron chi connectivity index (χ4n) is 8.69. The Labute approximate surface area is 242 Å². The lowest BCUT2D eigenvalue weighted by Crippen LogP contribution is -2.60. The minimum Gasteiger partial charge on any atom is -0.392 e. The predicted molar refractivity (Wildman–Crippen MR) is 155 cm³/mol. The number of likely N-dealkylation sites (tertiary alicyclic amines) is 1. The molecule has 2 amide bonds. The second-order valence-electron chi connectivity index (χ2n) is 13.5. The number of ether oxygens (including phenoxy) is 2. The highest BCUT2D eigenvalue weighted by Crippen LogP contribution is 2.55. The van der Waals surface area contributed by atoms with Crippen LogP contribution in [0.4, 0.5) is 10.5 Å². The first-order valence-corrected chi connectivity index (χ1v) is 15.5. The van der Waals surface area contributed by atoms with Crippen LogP contribution in [-0.2, 0) is 16.1 Å². The van der Waals surface area contributed by atoms with Crippen LogP contribution < -0.4 is 10.6 Å². The Kier molecular flexibility index (Phi) is 7.54. The molecule has 2 heterocycles. The zero-order chi connectivity index (χ0) is 28.0. The highest BCUT2D eigenvalue weighted by Gasteiger charge is 2.51. The van der Waals surface area contributed by atoms with E-state index in [1.807, 2.05) is 48.5 Å². The maximum atomic E-state index is 13.1. The number of urea groups is 1. The fraction of sp³-hybridized carbons (Fsp3) is 0.606. The highest BCUT2D eigenvalue weighted by atomic mass is 16.7. The number of nitrogens with zero attached hydrogens (tertiary/aromatic N) is 1. The van der Waals surface area contributed by atoms with E-state index in [2.05, 4.69) is 15.5 Å². The van der Waals surface area contributed by atoms with Crippen molar-refractivity contribution in [2.24, 2.45) is 17.8 Å². The molecular formula is C33H43N3O5. The van der Waals surface area contributed by atoms with Crippen LogP contribution in [-0.4, -0.2) is 58.5 Å². The van der Waals surface area contributed by atoms with Gasteiger partial charge in [-0.2, -0.15) is 0 Å². The third-order valence-corrected chi connectivity index (χ3v) is 10.2. The Morgan fingerprint density at radius 3 is 2.17 bits per heavy atom. The molecule has 8 nitrogen and oxygen atoms in total. The van der Waals surface area contributed by atoms with Gasteiger partial charge in [-0.25, -0.2) is 4.79 Å². The number of hydrogen-bond acceptors (Lipinski definition) is 6. The van der Waals surface area contributed by atoms with E-state index >= 15 is 0 Å². The summed E-state index contributed by atoms with van der Waals surface area (Å²) in [7, 11) is 0. The quantitative estimate of drug-likeness (QED) is 0.384. The monoisotopic (exact) mass is 561 g/mol. The van der Waals surface area contributed by atoms with Crippen LogP contribution in [0.3, 0.4) is 0 Å². The van der Waals surface area contributed by atoms with Crippen LogP contribution in [0.15, 0.2) is 48.5 Å². The van der Waals surface area contributed by atoms with Crippen LogP contribution in [0.5, 0.6) is 0 Å². The maximum Gasteiger partial charge on any atom is 0.319 e. The number of benzene rings is 2. The highest BCUT2D eigenvalue weighted by molar-refractivity contribution is 5.89. The van der Waals surface area contributed by atoms with E-state index in [0.29, 0.717) is 13.0 Å². The lowest BCUT2D eigenvalue weighted by Gasteiger charge is -2.56. The lowest BCUT2D eigenvalue weighted by atomic mass is 9.53. The summed E-state index contributed by atoms with van der Waals surface area (Å²) < 4.78 is 12.9. The average Bonchev–Trinajstić information content (AvgIpc) is 3.36. The minimum atomic E-state index is -0.543. The lowest BCUT2D eigenvalue weighted by molar-refractivity contribution is -0.252. The number of β-amino-alcohol motifs (C(OH)–C–C–N with tert-alkyl or cyclic N) is 1. The van der Waals surface area contributed by atoms with Crippen molar-refractivity contribution in [3.05, 3.63) is 65.2 Å².